The van der Waals surface area contributed by atoms with Crippen molar-refractivity contribution >= 4 is 5.65 Å². The number of imidazole rings is 1. The molecule has 2 aromatic heterocycles. The van der Waals surface area contributed by atoms with Crippen LogP contribution in [0.15, 0.2) is 54.9 Å². The molecule has 15 heavy (non-hydrogen) atoms. The van der Waals surface area contributed by atoms with Crippen LogP contribution < -0.4 is 0 Å². The van der Waals surface area contributed by atoms with Crippen LogP contribution in [0.4, 0.5) is 0 Å². The fourth-order valence-electron chi connectivity index (χ4n) is 1.70. The maximum atomic E-state index is 4.33. The lowest BCUT2D eigenvalue weighted by Crippen LogP contribution is -1.86. The molecular formula is C13H9N2. The summed E-state index contributed by atoms with van der Waals surface area (Å²) in [6.45, 7) is 0. The van der Waals surface area contributed by atoms with E-state index in [-0.39, 0.29) is 0 Å². The summed E-state index contributed by atoms with van der Waals surface area (Å²) >= 11 is 0. The minimum Gasteiger partial charge on any atom is -0.300 e. The van der Waals surface area contributed by atoms with Crippen LogP contribution in [0.1, 0.15) is 0 Å². The minimum atomic E-state index is 0.927. The fourth-order valence-corrected chi connectivity index (χ4v) is 1.70. The van der Waals surface area contributed by atoms with Crippen molar-refractivity contribution in [1.82, 2.24) is 9.38 Å². The summed E-state index contributed by atoms with van der Waals surface area (Å²) in [4.78, 5) is 4.33. The van der Waals surface area contributed by atoms with E-state index in [0.29, 0.717) is 0 Å². The number of hydrogen-bond acceptors (Lipinski definition) is 1. The van der Waals surface area contributed by atoms with Crippen LogP contribution in [0, 0.1) is 6.07 Å². The lowest BCUT2D eigenvalue weighted by atomic mass is 10.2. The molecule has 0 bridgehead atoms. The summed E-state index contributed by atoms with van der Waals surface area (Å²) in [6.07, 6.45) is 3.86. The molecule has 0 fully saturated rings. The lowest BCUT2D eigenvalue weighted by Gasteiger charge is -2.00. The van der Waals surface area contributed by atoms with Gasteiger partial charge in [0.1, 0.15) is 5.65 Å². The number of aromatic nitrogens is 2. The molecule has 0 unspecified atom stereocenters. The average Bonchev–Trinajstić information content (AvgIpc) is 2.74. The van der Waals surface area contributed by atoms with Crippen molar-refractivity contribution in [2.75, 3.05) is 0 Å². The highest BCUT2D eigenvalue weighted by Crippen LogP contribution is 2.19. The Morgan fingerprint density at radius 1 is 1.13 bits per heavy atom. The Labute approximate surface area is 87.8 Å². The van der Waals surface area contributed by atoms with Gasteiger partial charge in [-0.3, -0.25) is 4.40 Å². The molecule has 3 aromatic rings. The first-order valence-corrected chi connectivity index (χ1v) is 4.84. The third-order valence-electron chi connectivity index (χ3n) is 2.43. The number of benzene rings is 1. The highest BCUT2D eigenvalue weighted by molar-refractivity contribution is 5.63. The van der Waals surface area contributed by atoms with Crippen molar-refractivity contribution in [3.8, 4) is 11.3 Å². The lowest BCUT2D eigenvalue weighted by molar-refractivity contribution is 1.19. The topological polar surface area (TPSA) is 17.3 Å². The second kappa shape index (κ2) is 3.24. The first-order chi connectivity index (χ1) is 7.45. The van der Waals surface area contributed by atoms with Gasteiger partial charge in [-0.05, 0) is 18.2 Å². The van der Waals surface area contributed by atoms with Gasteiger partial charge in [0.15, 0.2) is 0 Å². The summed E-state index contributed by atoms with van der Waals surface area (Å²) in [6, 6.07) is 17.0. The van der Waals surface area contributed by atoms with E-state index in [2.05, 4.69) is 27.6 Å². The Balaban J connectivity index is 2.28. The van der Waals surface area contributed by atoms with Gasteiger partial charge in [-0.25, -0.2) is 4.98 Å². The number of fused-ring (bicyclic) bond motifs is 1. The molecular weight excluding hydrogens is 184 g/mol. The highest BCUT2D eigenvalue weighted by Gasteiger charge is 2.03. The molecule has 1 aromatic carbocycles. The molecule has 2 heterocycles. The highest BCUT2D eigenvalue weighted by atomic mass is 15.0. The molecule has 2 heteroatoms. The van der Waals surface area contributed by atoms with Crippen molar-refractivity contribution in [3.05, 3.63) is 60.9 Å². The van der Waals surface area contributed by atoms with Gasteiger partial charge in [-0.15, -0.1) is 0 Å². The fraction of sp³-hybridized carbons (Fsp3) is 0. The first-order valence-electron chi connectivity index (χ1n) is 4.84. The predicted octanol–water partition coefficient (Wildman–Crippen LogP) is 2.80. The number of hydrogen-bond donors (Lipinski definition) is 0. The quantitative estimate of drug-likeness (QED) is 0.581. The molecule has 71 valence electrons. The van der Waals surface area contributed by atoms with Crippen molar-refractivity contribution in [3.63, 3.8) is 0 Å². The van der Waals surface area contributed by atoms with E-state index in [4.69, 9.17) is 0 Å². The van der Waals surface area contributed by atoms with Gasteiger partial charge in [0.2, 0.25) is 0 Å². The van der Waals surface area contributed by atoms with Gasteiger partial charge in [0, 0.05) is 11.8 Å². The standard InChI is InChI=1S/C13H9N2/c1-2-6-11(7-3-1)12-10-14-13-8-4-5-9-15(12)13/h1-3,5-10H. The maximum absolute atomic E-state index is 4.33. The predicted molar refractivity (Wildman–Crippen MR) is 59.5 cm³/mol. The molecule has 0 aliphatic heterocycles. The van der Waals surface area contributed by atoms with Crippen LogP contribution in [0.5, 0.6) is 0 Å². The van der Waals surface area contributed by atoms with Crippen molar-refractivity contribution in [2.24, 2.45) is 0 Å². The van der Waals surface area contributed by atoms with Crippen LogP contribution >= 0.6 is 0 Å². The molecule has 0 N–H and O–H groups in total. The number of pyridine rings is 1. The molecule has 2 nitrogen and oxygen atoms in total. The Morgan fingerprint density at radius 2 is 2.00 bits per heavy atom. The smallest absolute Gasteiger partial charge is 0.137 e. The Hall–Kier alpha value is -2.09. The summed E-state index contributed by atoms with van der Waals surface area (Å²) in [5.74, 6) is 0. The van der Waals surface area contributed by atoms with Crippen molar-refractivity contribution < 1.29 is 0 Å². The summed E-state index contributed by atoms with van der Waals surface area (Å²) in [5, 5.41) is 0. The molecule has 0 atom stereocenters. The second-order valence-electron chi connectivity index (χ2n) is 3.36. The van der Waals surface area contributed by atoms with Gasteiger partial charge in [0.25, 0.3) is 0 Å². The summed E-state index contributed by atoms with van der Waals surface area (Å²) in [7, 11) is 0. The molecule has 0 aliphatic carbocycles. The minimum absolute atomic E-state index is 0.927. The van der Waals surface area contributed by atoms with E-state index in [9.17, 15) is 0 Å². The van der Waals surface area contributed by atoms with Crippen LogP contribution in [0.25, 0.3) is 16.9 Å². The van der Waals surface area contributed by atoms with Gasteiger partial charge >= 0.3 is 0 Å². The average molecular weight is 193 g/mol. The van der Waals surface area contributed by atoms with Crippen LogP contribution in [0.3, 0.4) is 0 Å². The first kappa shape index (κ1) is 8.24. The number of nitrogens with zero attached hydrogens (tertiary/aromatic N) is 2. The third-order valence-corrected chi connectivity index (χ3v) is 2.43. The molecule has 0 aliphatic rings. The van der Waals surface area contributed by atoms with Crippen molar-refractivity contribution in [2.45, 2.75) is 0 Å². The number of rotatable bonds is 1. The van der Waals surface area contributed by atoms with Crippen LogP contribution in [-0.4, -0.2) is 9.38 Å². The molecule has 0 amide bonds. The van der Waals surface area contributed by atoms with E-state index >= 15 is 0 Å². The van der Waals surface area contributed by atoms with E-state index < -0.39 is 0 Å². The molecule has 0 saturated carbocycles. The van der Waals surface area contributed by atoms with Gasteiger partial charge in [-0.2, -0.15) is 0 Å². The largest absolute Gasteiger partial charge is 0.300 e. The summed E-state index contributed by atoms with van der Waals surface area (Å²) in [5.41, 5.74) is 3.21. The van der Waals surface area contributed by atoms with E-state index in [1.165, 1.54) is 5.56 Å². The SMILES string of the molecule is [c]1ccn2c(-c3ccccc3)cnc2c1. The monoisotopic (exact) mass is 193 g/mol. The van der Waals surface area contributed by atoms with Gasteiger partial charge in [0.05, 0.1) is 11.9 Å². The molecule has 0 saturated heterocycles. The van der Waals surface area contributed by atoms with Crippen LogP contribution in [0.2, 0.25) is 0 Å². The zero-order valence-corrected chi connectivity index (χ0v) is 8.09. The maximum Gasteiger partial charge on any atom is 0.137 e. The van der Waals surface area contributed by atoms with E-state index in [0.717, 1.165) is 11.3 Å². The zero-order chi connectivity index (χ0) is 10.1. The molecule has 1 radical (unpaired) electrons. The molecule has 3 rings (SSSR count). The van der Waals surface area contributed by atoms with Crippen molar-refractivity contribution in [1.29, 1.82) is 0 Å². The Kier molecular flexibility index (Phi) is 1.78. The van der Waals surface area contributed by atoms with E-state index in [1.54, 1.807) is 0 Å². The normalized spacial score (nSPS) is 10.7. The Bertz CT molecular complexity index is 582. The second-order valence-corrected chi connectivity index (χ2v) is 3.36. The molecule has 0 spiro atoms. The van der Waals surface area contributed by atoms with E-state index in [1.807, 2.05) is 42.7 Å². The zero-order valence-electron chi connectivity index (χ0n) is 8.09. The van der Waals surface area contributed by atoms with Gasteiger partial charge < -0.3 is 0 Å². The summed E-state index contributed by atoms with van der Waals surface area (Å²) < 4.78 is 2.06. The van der Waals surface area contributed by atoms with Gasteiger partial charge in [-0.1, -0.05) is 30.3 Å². The Morgan fingerprint density at radius 3 is 2.87 bits per heavy atom. The van der Waals surface area contributed by atoms with Crippen LogP contribution in [-0.2, 0) is 0 Å². The third kappa shape index (κ3) is 1.31.